The lowest BCUT2D eigenvalue weighted by atomic mass is 9.85. The zero-order chi connectivity index (χ0) is 13.9. The average molecular weight is 261 g/mol. The van der Waals surface area contributed by atoms with Gasteiger partial charge in [0.2, 0.25) is 0 Å². The topological polar surface area (TPSA) is 49.3 Å². The number of carboxylic acids is 1. The summed E-state index contributed by atoms with van der Waals surface area (Å²) in [4.78, 5) is 11.0. The Balaban J connectivity index is 2.01. The van der Waals surface area contributed by atoms with Crippen LogP contribution >= 0.6 is 0 Å². The number of benzene rings is 1. The highest BCUT2D eigenvalue weighted by atomic mass is 16.4. The zero-order valence-corrected chi connectivity index (χ0v) is 11.8. The van der Waals surface area contributed by atoms with Crippen molar-refractivity contribution >= 4 is 11.7 Å². The highest BCUT2D eigenvalue weighted by Crippen LogP contribution is 2.34. The first-order valence-corrected chi connectivity index (χ1v) is 7.06. The summed E-state index contributed by atoms with van der Waals surface area (Å²) in [5.41, 5.74) is 1.71. The maximum atomic E-state index is 11.0. The van der Waals surface area contributed by atoms with Crippen molar-refractivity contribution in [3.05, 3.63) is 29.8 Å². The minimum Gasteiger partial charge on any atom is -0.478 e. The van der Waals surface area contributed by atoms with Gasteiger partial charge in [0.25, 0.3) is 0 Å². The third-order valence-electron chi connectivity index (χ3n) is 4.06. The molecule has 1 aliphatic carbocycles. The van der Waals surface area contributed by atoms with E-state index in [0.717, 1.165) is 12.1 Å². The summed E-state index contributed by atoms with van der Waals surface area (Å²) in [7, 11) is 0. The molecule has 104 valence electrons. The standard InChI is InChI=1S/C16H23NO2/c1-16(2)9-4-7-13(8-10-16)17-14-6-3-5-12(11-14)15(18)19/h3,5-6,11,13,17H,4,7-10H2,1-2H3,(H,18,19). The van der Waals surface area contributed by atoms with Crippen molar-refractivity contribution in [2.24, 2.45) is 5.41 Å². The summed E-state index contributed by atoms with van der Waals surface area (Å²) in [6, 6.07) is 7.56. The van der Waals surface area contributed by atoms with Crippen molar-refractivity contribution in [1.29, 1.82) is 0 Å². The van der Waals surface area contributed by atoms with Crippen LogP contribution < -0.4 is 5.32 Å². The van der Waals surface area contributed by atoms with Crippen LogP contribution in [0.5, 0.6) is 0 Å². The van der Waals surface area contributed by atoms with E-state index in [2.05, 4.69) is 19.2 Å². The van der Waals surface area contributed by atoms with Gasteiger partial charge in [0.15, 0.2) is 0 Å². The predicted molar refractivity (Wildman–Crippen MR) is 77.7 cm³/mol. The van der Waals surface area contributed by atoms with Crippen molar-refractivity contribution < 1.29 is 9.90 Å². The van der Waals surface area contributed by atoms with E-state index in [1.807, 2.05) is 6.07 Å². The first-order valence-electron chi connectivity index (χ1n) is 7.06. The lowest BCUT2D eigenvalue weighted by Crippen LogP contribution is -2.19. The molecule has 1 fully saturated rings. The van der Waals surface area contributed by atoms with Crippen LogP contribution in [0.1, 0.15) is 56.3 Å². The first-order chi connectivity index (χ1) is 8.96. The lowest BCUT2D eigenvalue weighted by molar-refractivity contribution is 0.0697. The Labute approximate surface area is 115 Å². The average Bonchev–Trinajstić information content (AvgIpc) is 2.51. The van der Waals surface area contributed by atoms with Gasteiger partial charge in [-0.2, -0.15) is 0 Å². The third-order valence-corrected chi connectivity index (χ3v) is 4.06. The second-order valence-corrected chi connectivity index (χ2v) is 6.32. The van der Waals surface area contributed by atoms with Crippen LogP contribution in [0.25, 0.3) is 0 Å². The van der Waals surface area contributed by atoms with Gasteiger partial charge in [0.05, 0.1) is 5.56 Å². The number of anilines is 1. The molecule has 0 saturated heterocycles. The fraction of sp³-hybridized carbons (Fsp3) is 0.562. The number of carbonyl (C=O) groups is 1. The van der Waals surface area contributed by atoms with Crippen LogP contribution in [0.4, 0.5) is 5.69 Å². The normalized spacial score (nSPS) is 22.5. The molecule has 19 heavy (non-hydrogen) atoms. The number of carboxylic acid groups (broad SMARTS) is 1. The number of rotatable bonds is 3. The molecule has 0 aliphatic heterocycles. The van der Waals surface area contributed by atoms with Gasteiger partial charge in [0, 0.05) is 11.7 Å². The number of aromatic carboxylic acids is 1. The maximum absolute atomic E-state index is 11.0. The zero-order valence-electron chi connectivity index (χ0n) is 11.8. The van der Waals surface area contributed by atoms with E-state index in [9.17, 15) is 4.79 Å². The molecule has 1 unspecified atom stereocenters. The molecule has 1 aliphatic rings. The highest BCUT2D eigenvalue weighted by molar-refractivity contribution is 5.88. The fourth-order valence-corrected chi connectivity index (χ4v) is 2.78. The number of hydrogen-bond acceptors (Lipinski definition) is 2. The van der Waals surface area contributed by atoms with Gasteiger partial charge in [-0.25, -0.2) is 4.79 Å². The molecule has 3 nitrogen and oxygen atoms in total. The van der Waals surface area contributed by atoms with E-state index < -0.39 is 5.97 Å². The Bertz CT molecular complexity index is 454. The molecule has 1 saturated carbocycles. The predicted octanol–water partition coefficient (Wildman–Crippen LogP) is 4.16. The third kappa shape index (κ3) is 3.98. The summed E-state index contributed by atoms with van der Waals surface area (Å²) in [6.45, 7) is 4.67. The van der Waals surface area contributed by atoms with E-state index in [0.29, 0.717) is 17.0 Å². The van der Waals surface area contributed by atoms with E-state index in [-0.39, 0.29) is 0 Å². The van der Waals surface area contributed by atoms with Crippen molar-refractivity contribution in [1.82, 2.24) is 0 Å². The molecule has 0 bridgehead atoms. The van der Waals surface area contributed by atoms with Gasteiger partial charge in [-0.05, 0) is 49.3 Å². The largest absolute Gasteiger partial charge is 0.478 e. The summed E-state index contributed by atoms with van der Waals surface area (Å²) in [5.74, 6) is -0.870. The molecule has 0 aromatic heterocycles. The number of nitrogens with one attached hydrogen (secondary N) is 1. The van der Waals surface area contributed by atoms with Gasteiger partial charge in [-0.1, -0.05) is 26.3 Å². The highest BCUT2D eigenvalue weighted by Gasteiger charge is 2.24. The second kappa shape index (κ2) is 5.64. The van der Waals surface area contributed by atoms with E-state index >= 15 is 0 Å². The SMILES string of the molecule is CC1(C)CCCC(Nc2cccc(C(=O)O)c2)CC1. The molecule has 0 amide bonds. The van der Waals surface area contributed by atoms with Crippen LogP contribution in [0.3, 0.4) is 0 Å². The molecular formula is C16H23NO2. The van der Waals surface area contributed by atoms with Gasteiger partial charge < -0.3 is 10.4 Å². The van der Waals surface area contributed by atoms with E-state index in [1.54, 1.807) is 18.2 Å². The molecular weight excluding hydrogens is 238 g/mol. The molecule has 1 aromatic rings. The Morgan fingerprint density at radius 1 is 1.32 bits per heavy atom. The molecule has 0 radical (unpaired) electrons. The second-order valence-electron chi connectivity index (χ2n) is 6.32. The smallest absolute Gasteiger partial charge is 0.335 e. The molecule has 2 N–H and O–H groups in total. The van der Waals surface area contributed by atoms with Crippen molar-refractivity contribution in [3.63, 3.8) is 0 Å². The molecule has 1 aromatic carbocycles. The van der Waals surface area contributed by atoms with Crippen LogP contribution in [0.2, 0.25) is 0 Å². The van der Waals surface area contributed by atoms with Gasteiger partial charge >= 0.3 is 5.97 Å². The Kier molecular flexibility index (Phi) is 4.13. The molecule has 0 spiro atoms. The van der Waals surface area contributed by atoms with Crippen LogP contribution in [0.15, 0.2) is 24.3 Å². The minimum atomic E-state index is -0.870. The Morgan fingerprint density at radius 3 is 2.84 bits per heavy atom. The van der Waals surface area contributed by atoms with Crippen LogP contribution in [0, 0.1) is 5.41 Å². The molecule has 2 rings (SSSR count). The summed E-state index contributed by atoms with van der Waals surface area (Å²) >= 11 is 0. The van der Waals surface area contributed by atoms with E-state index in [4.69, 9.17) is 5.11 Å². The fourth-order valence-electron chi connectivity index (χ4n) is 2.78. The summed E-state index contributed by atoms with van der Waals surface area (Å²) < 4.78 is 0. The molecule has 3 heteroatoms. The Morgan fingerprint density at radius 2 is 2.11 bits per heavy atom. The minimum absolute atomic E-state index is 0.346. The van der Waals surface area contributed by atoms with Gasteiger partial charge in [-0.15, -0.1) is 0 Å². The van der Waals surface area contributed by atoms with Gasteiger partial charge in [-0.3, -0.25) is 0 Å². The molecule has 0 heterocycles. The summed E-state index contributed by atoms with van der Waals surface area (Å²) in [6.07, 6.45) is 6.07. The van der Waals surface area contributed by atoms with E-state index in [1.165, 1.54) is 25.7 Å². The van der Waals surface area contributed by atoms with Crippen LogP contribution in [-0.4, -0.2) is 17.1 Å². The van der Waals surface area contributed by atoms with Crippen LogP contribution in [-0.2, 0) is 0 Å². The quantitative estimate of drug-likeness (QED) is 0.803. The number of hydrogen-bond donors (Lipinski definition) is 2. The van der Waals surface area contributed by atoms with Crippen molar-refractivity contribution in [2.75, 3.05) is 5.32 Å². The molecule has 1 atom stereocenters. The Hall–Kier alpha value is -1.51. The maximum Gasteiger partial charge on any atom is 0.335 e. The van der Waals surface area contributed by atoms with Gasteiger partial charge in [0.1, 0.15) is 0 Å². The monoisotopic (exact) mass is 261 g/mol. The summed E-state index contributed by atoms with van der Waals surface area (Å²) in [5, 5.41) is 12.5. The lowest BCUT2D eigenvalue weighted by Gasteiger charge is -2.22. The first kappa shape index (κ1) is 13.9. The van der Waals surface area contributed by atoms with Crippen molar-refractivity contribution in [2.45, 2.75) is 52.0 Å². The van der Waals surface area contributed by atoms with Crippen molar-refractivity contribution in [3.8, 4) is 0 Å².